The average Bonchev–Trinajstić information content (AvgIpc) is 2.53. The van der Waals surface area contributed by atoms with Crippen LogP contribution in [0.3, 0.4) is 0 Å². The van der Waals surface area contributed by atoms with Crippen LogP contribution >= 0.6 is 12.6 Å². The Balaban J connectivity index is 4.71. The Morgan fingerprint density at radius 3 is 2.08 bits per heavy atom. The Morgan fingerprint density at radius 2 is 1.62 bits per heavy atom. The van der Waals surface area contributed by atoms with Gasteiger partial charge in [0.25, 0.3) is 0 Å². The van der Waals surface area contributed by atoms with Crippen LogP contribution in [0.2, 0.25) is 0 Å². The first-order valence-corrected chi connectivity index (χ1v) is 8.18. The number of amides is 2. The number of hydrogen-bond donors (Lipinski definition) is 8. The lowest BCUT2D eigenvalue weighted by Crippen LogP contribution is -2.55. The van der Waals surface area contributed by atoms with E-state index in [-0.39, 0.29) is 24.7 Å². The first kappa shape index (κ1) is 23.5. The molecule has 148 valence electrons. The minimum atomic E-state index is -1.35. The molecule has 0 radical (unpaired) electrons. The number of nitrogens with zero attached hydrogens (tertiary/aromatic N) is 1. The zero-order valence-electron chi connectivity index (χ0n) is 13.9. The molecule has 0 aromatic heterocycles. The van der Waals surface area contributed by atoms with E-state index in [0.29, 0.717) is 6.42 Å². The van der Waals surface area contributed by atoms with Crippen molar-refractivity contribution in [3.8, 4) is 0 Å². The molecular formula is C13H24N6O6S. The van der Waals surface area contributed by atoms with E-state index in [9.17, 15) is 19.2 Å². The molecule has 0 rings (SSSR count). The van der Waals surface area contributed by atoms with Gasteiger partial charge in [0.2, 0.25) is 11.8 Å². The zero-order valence-corrected chi connectivity index (χ0v) is 14.8. The van der Waals surface area contributed by atoms with Gasteiger partial charge in [0.15, 0.2) is 5.96 Å². The summed E-state index contributed by atoms with van der Waals surface area (Å²) in [4.78, 5) is 49.4. The maximum Gasteiger partial charge on any atom is 0.326 e. The fourth-order valence-electron chi connectivity index (χ4n) is 1.79. The highest BCUT2D eigenvalue weighted by atomic mass is 32.1. The van der Waals surface area contributed by atoms with E-state index in [1.54, 1.807) is 0 Å². The summed E-state index contributed by atoms with van der Waals surface area (Å²) in [6.45, 7) is 0.193. The predicted octanol–water partition coefficient (Wildman–Crippen LogP) is -3.17. The van der Waals surface area contributed by atoms with Crippen molar-refractivity contribution < 1.29 is 29.4 Å². The highest BCUT2D eigenvalue weighted by Gasteiger charge is 2.27. The van der Waals surface area contributed by atoms with Crippen molar-refractivity contribution in [1.29, 1.82) is 0 Å². The molecule has 0 aromatic carbocycles. The Labute approximate surface area is 155 Å². The third-order valence-corrected chi connectivity index (χ3v) is 3.47. The Bertz CT molecular complexity index is 553. The van der Waals surface area contributed by atoms with Gasteiger partial charge in [-0.3, -0.25) is 19.4 Å². The molecule has 0 aliphatic rings. The van der Waals surface area contributed by atoms with Crippen LogP contribution in [-0.4, -0.2) is 70.3 Å². The number of hydrogen-bond acceptors (Lipinski definition) is 7. The van der Waals surface area contributed by atoms with Gasteiger partial charge in [-0.2, -0.15) is 12.6 Å². The number of thiol groups is 1. The molecule has 2 amide bonds. The molecule has 0 spiro atoms. The quantitative estimate of drug-likeness (QED) is 0.0724. The van der Waals surface area contributed by atoms with E-state index in [1.165, 1.54) is 0 Å². The van der Waals surface area contributed by atoms with E-state index < -0.39 is 48.3 Å². The smallest absolute Gasteiger partial charge is 0.326 e. The molecule has 0 fully saturated rings. The van der Waals surface area contributed by atoms with Gasteiger partial charge >= 0.3 is 11.9 Å². The number of carbonyl (C=O) groups is 4. The molecule has 0 bridgehead atoms. The van der Waals surface area contributed by atoms with Gasteiger partial charge in [0, 0.05) is 12.3 Å². The van der Waals surface area contributed by atoms with E-state index in [2.05, 4.69) is 28.3 Å². The number of aliphatic carboxylic acids is 2. The van der Waals surface area contributed by atoms with Gasteiger partial charge < -0.3 is 38.0 Å². The fraction of sp³-hybridized carbons (Fsp3) is 0.615. The van der Waals surface area contributed by atoms with Crippen LogP contribution in [0, 0.1) is 0 Å². The highest BCUT2D eigenvalue weighted by molar-refractivity contribution is 7.80. The maximum absolute atomic E-state index is 12.1. The van der Waals surface area contributed by atoms with Crippen LogP contribution in [0.5, 0.6) is 0 Å². The van der Waals surface area contributed by atoms with Gasteiger partial charge in [-0.25, -0.2) is 4.79 Å². The van der Waals surface area contributed by atoms with Gasteiger partial charge in [-0.05, 0) is 12.8 Å². The molecule has 0 saturated heterocycles. The van der Waals surface area contributed by atoms with Crippen molar-refractivity contribution in [2.45, 2.75) is 37.4 Å². The number of carboxylic acids is 2. The van der Waals surface area contributed by atoms with E-state index >= 15 is 0 Å². The normalized spacial score (nSPS) is 13.8. The second-order valence-corrected chi connectivity index (χ2v) is 5.66. The van der Waals surface area contributed by atoms with Crippen molar-refractivity contribution in [3.05, 3.63) is 0 Å². The molecule has 0 heterocycles. The number of aliphatic imine (C=N–C) groups is 1. The minimum Gasteiger partial charge on any atom is -0.481 e. The van der Waals surface area contributed by atoms with Crippen molar-refractivity contribution in [2.75, 3.05) is 12.3 Å². The van der Waals surface area contributed by atoms with Crippen molar-refractivity contribution >= 4 is 42.3 Å². The van der Waals surface area contributed by atoms with Crippen LogP contribution in [0.4, 0.5) is 0 Å². The fourth-order valence-corrected chi connectivity index (χ4v) is 2.04. The van der Waals surface area contributed by atoms with Crippen LogP contribution in [0.1, 0.15) is 19.3 Å². The van der Waals surface area contributed by atoms with Crippen LogP contribution in [0.25, 0.3) is 0 Å². The summed E-state index contributed by atoms with van der Waals surface area (Å²) in [7, 11) is 0. The van der Waals surface area contributed by atoms with Crippen LogP contribution < -0.4 is 27.8 Å². The first-order valence-electron chi connectivity index (χ1n) is 7.55. The molecular weight excluding hydrogens is 368 g/mol. The Morgan fingerprint density at radius 1 is 1.04 bits per heavy atom. The lowest BCUT2D eigenvalue weighted by Gasteiger charge is -2.21. The summed E-state index contributed by atoms with van der Waals surface area (Å²) in [5.74, 6) is -4.46. The van der Waals surface area contributed by atoms with Gasteiger partial charge in [-0.15, -0.1) is 0 Å². The summed E-state index contributed by atoms with van der Waals surface area (Å²) in [6.07, 6.45) is -0.255. The van der Waals surface area contributed by atoms with E-state index in [4.69, 9.17) is 27.4 Å². The van der Waals surface area contributed by atoms with Crippen LogP contribution in [0.15, 0.2) is 4.99 Å². The lowest BCUT2D eigenvalue weighted by atomic mass is 10.1. The monoisotopic (exact) mass is 392 g/mol. The van der Waals surface area contributed by atoms with E-state index in [1.807, 2.05) is 0 Å². The third kappa shape index (κ3) is 9.68. The Kier molecular flexibility index (Phi) is 10.8. The molecule has 0 aromatic rings. The van der Waals surface area contributed by atoms with Crippen molar-refractivity contribution in [3.63, 3.8) is 0 Å². The molecule has 3 atom stereocenters. The predicted molar refractivity (Wildman–Crippen MR) is 95.5 cm³/mol. The molecule has 0 saturated carbocycles. The topological polar surface area (TPSA) is 223 Å². The zero-order chi connectivity index (χ0) is 20.3. The summed E-state index contributed by atoms with van der Waals surface area (Å²) in [6, 6.07) is -3.74. The molecule has 0 aliphatic carbocycles. The maximum atomic E-state index is 12.1. The molecule has 10 N–H and O–H groups in total. The van der Waals surface area contributed by atoms with Crippen molar-refractivity contribution in [1.82, 2.24) is 10.6 Å². The number of carboxylic acid groups (broad SMARTS) is 2. The van der Waals surface area contributed by atoms with Crippen molar-refractivity contribution in [2.24, 2.45) is 22.2 Å². The molecule has 26 heavy (non-hydrogen) atoms. The number of nitrogens with two attached hydrogens (primary N) is 3. The second kappa shape index (κ2) is 11.9. The van der Waals surface area contributed by atoms with Gasteiger partial charge in [0.05, 0.1) is 12.5 Å². The summed E-state index contributed by atoms with van der Waals surface area (Å²) in [5.41, 5.74) is 15.7. The molecule has 0 aliphatic heterocycles. The minimum absolute atomic E-state index is 0.0591. The van der Waals surface area contributed by atoms with Gasteiger partial charge in [0.1, 0.15) is 12.1 Å². The molecule has 12 nitrogen and oxygen atoms in total. The molecule has 0 unspecified atom stereocenters. The highest BCUT2D eigenvalue weighted by Crippen LogP contribution is 2.01. The summed E-state index contributed by atoms with van der Waals surface area (Å²) >= 11 is 3.92. The largest absolute Gasteiger partial charge is 0.481 e. The standard InChI is InChI=1S/C13H24N6O6S/c14-6(4-9(20)21)10(22)19-8(5-26)11(23)18-7(12(24)25)2-1-3-17-13(15)16/h6-8,26H,1-5,14H2,(H,18,23)(H,19,22)(H,20,21)(H,24,25)(H4,15,16,17)/t6-,7-,8-/m0/s1. The first-order chi connectivity index (χ1) is 12.1. The number of nitrogens with one attached hydrogen (secondary N) is 2. The summed E-state index contributed by atoms with van der Waals surface area (Å²) < 4.78 is 0. The number of guanidine groups is 1. The third-order valence-electron chi connectivity index (χ3n) is 3.11. The second-order valence-electron chi connectivity index (χ2n) is 5.30. The summed E-state index contributed by atoms with van der Waals surface area (Å²) in [5, 5.41) is 22.3. The number of rotatable bonds is 12. The Hall–Kier alpha value is -2.54. The number of carbonyl (C=O) groups excluding carboxylic acids is 2. The van der Waals surface area contributed by atoms with E-state index in [0.717, 1.165) is 0 Å². The SMILES string of the molecule is NC(N)=NCCC[C@H](NC(=O)[C@H](CS)NC(=O)[C@@H](N)CC(=O)O)C(=O)O. The van der Waals surface area contributed by atoms with Gasteiger partial charge in [-0.1, -0.05) is 0 Å². The van der Waals surface area contributed by atoms with Crippen LogP contribution in [-0.2, 0) is 19.2 Å². The lowest BCUT2D eigenvalue weighted by molar-refractivity contribution is -0.142. The molecule has 13 heteroatoms. The average molecular weight is 392 g/mol.